The molecule has 21 heavy (non-hydrogen) atoms. The molecule has 4 aliphatic rings. The molecule has 0 saturated heterocycles. The molecule has 4 unspecified atom stereocenters. The van der Waals surface area contributed by atoms with Crippen LogP contribution in [0, 0.1) is 23.2 Å². The van der Waals surface area contributed by atoms with Crippen molar-refractivity contribution in [2.24, 2.45) is 23.2 Å². The number of ketones is 1. The smallest absolute Gasteiger partial charge is 0.402 e. The fraction of sp³-hybridized carbons (Fsp3) is 0.833. The van der Waals surface area contributed by atoms with Gasteiger partial charge in [0.05, 0.1) is 5.41 Å². The first-order valence-corrected chi connectivity index (χ1v) is 8.06. The van der Waals surface area contributed by atoms with Crippen LogP contribution >= 0.6 is 0 Å². The van der Waals surface area contributed by atoms with E-state index in [-0.39, 0.29) is 30.0 Å². The average molecular weight is 324 g/mol. The maximum atomic E-state index is 13.1. The Hall–Kier alpha value is -1.09. The summed E-state index contributed by atoms with van der Waals surface area (Å²) in [6.45, 7) is -1.71. The van der Waals surface area contributed by atoms with Crippen LogP contribution in [0.4, 0.5) is 8.78 Å². The van der Waals surface area contributed by atoms with Crippen molar-refractivity contribution in [2.75, 3.05) is 6.61 Å². The summed E-state index contributed by atoms with van der Waals surface area (Å²) in [6, 6.07) is 0. The standard InChI is InChI=1S/C12H14F2O6S/c13-12(14,21(17,18)19)5-20-10(16)11-2-6-1-7(3-11)9(15)8(6)4-11/h6-8H,1-5H2,(H,17,18,19). The number of halogens is 2. The van der Waals surface area contributed by atoms with Crippen LogP contribution in [0.2, 0.25) is 0 Å². The van der Waals surface area contributed by atoms with E-state index in [2.05, 4.69) is 4.74 Å². The number of carbonyl (C=O) groups excluding carboxylic acids is 2. The first-order valence-electron chi connectivity index (χ1n) is 6.62. The molecule has 6 nitrogen and oxygen atoms in total. The highest BCUT2D eigenvalue weighted by atomic mass is 32.2. The Kier molecular flexibility index (Phi) is 2.98. The second-order valence-corrected chi connectivity index (χ2v) is 7.83. The molecule has 4 bridgehead atoms. The summed E-state index contributed by atoms with van der Waals surface area (Å²) in [5, 5.41) is -4.52. The summed E-state index contributed by atoms with van der Waals surface area (Å²) in [5.74, 6) is -1.05. The van der Waals surface area contributed by atoms with Crippen LogP contribution in [0.5, 0.6) is 0 Å². The Labute approximate surface area is 119 Å². The summed E-state index contributed by atoms with van der Waals surface area (Å²) in [7, 11) is -5.62. The highest BCUT2D eigenvalue weighted by molar-refractivity contribution is 7.86. The number of alkyl halides is 2. The van der Waals surface area contributed by atoms with Crippen molar-refractivity contribution < 1.29 is 36.1 Å². The molecule has 1 N–H and O–H groups in total. The number of rotatable bonds is 4. The van der Waals surface area contributed by atoms with E-state index < -0.39 is 33.4 Å². The zero-order valence-electron chi connectivity index (χ0n) is 10.9. The lowest BCUT2D eigenvalue weighted by atomic mass is 9.69. The fourth-order valence-electron chi connectivity index (χ4n) is 4.13. The van der Waals surface area contributed by atoms with Crippen LogP contribution in [0.1, 0.15) is 25.7 Å². The van der Waals surface area contributed by atoms with Gasteiger partial charge in [-0.15, -0.1) is 0 Å². The minimum atomic E-state index is -5.62. The number of hydrogen-bond acceptors (Lipinski definition) is 5. The molecule has 4 saturated carbocycles. The van der Waals surface area contributed by atoms with Gasteiger partial charge in [-0.1, -0.05) is 0 Å². The van der Waals surface area contributed by atoms with Gasteiger partial charge in [0.25, 0.3) is 0 Å². The largest absolute Gasteiger partial charge is 0.458 e. The summed E-state index contributed by atoms with van der Waals surface area (Å²) in [6.07, 6.45) is 1.74. The third-order valence-corrected chi connectivity index (χ3v) is 5.88. The van der Waals surface area contributed by atoms with E-state index in [1.807, 2.05) is 0 Å². The van der Waals surface area contributed by atoms with Crippen LogP contribution in [-0.2, 0) is 24.4 Å². The highest BCUT2D eigenvalue weighted by Gasteiger charge is 2.64. The molecule has 0 amide bonds. The molecule has 118 valence electrons. The number of esters is 1. The predicted octanol–water partition coefficient (Wildman–Crippen LogP) is 1.02. The van der Waals surface area contributed by atoms with Crippen LogP contribution in [0.3, 0.4) is 0 Å². The molecule has 4 fully saturated rings. The van der Waals surface area contributed by atoms with Gasteiger partial charge < -0.3 is 4.74 Å². The zero-order valence-corrected chi connectivity index (χ0v) is 11.7. The van der Waals surface area contributed by atoms with Gasteiger partial charge in [-0.05, 0) is 31.6 Å². The summed E-state index contributed by atoms with van der Waals surface area (Å²) < 4.78 is 59.9. The Morgan fingerprint density at radius 3 is 2.57 bits per heavy atom. The number of Topliss-reactive ketones (excluding diaryl/α,β-unsaturated/α-hetero) is 1. The van der Waals surface area contributed by atoms with Crippen molar-refractivity contribution in [2.45, 2.75) is 30.9 Å². The second-order valence-electron chi connectivity index (χ2n) is 6.28. The summed E-state index contributed by atoms with van der Waals surface area (Å²) in [5.41, 5.74) is -0.943. The van der Waals surface area contributed by atoms with E-state index in [1.54, 1.807) is 0 Å². The van der Waals surface area contributed by atoms with E-state index in [9.17, 15) is 26.8 Å². The van der Waals surface area contributed by atoms with Gasteiger partial charge >= 0.3 is 21.3 Å². The van der Waals surface area contributed by atoms with Crippen LogP contribution in [-0.4, -0.2) is 36.6 Å². The van der Waals surface area contributed by atoms with E-state index in [1.165, 1.54) is 0 Å². The van der Waals surface area contributed by atoms with Gasteiger partial charge in [0, 0.05) is 11.8 Å². The first-order chi connectivity index (χ1) is 9.56. The van der Waals surface area contributed by atoms with Gasteiger partial charge in [-0.25, -0.2) is 0 Å². The SMILES string of the molecule is O=C1C2CC3CC(C(=O)OCC(F)(F)S(=O)(=O)O)(C2)CC13. The van der Waals surface area contributed by atoms with Gasteiger partial charge in [0.15, 0.2) is 6.61 Å². The van der Waals surface area contributed by atoms with Crippen molar-refractivity contribution in [3.8, 4) is 0 Å². The lowest BCUT2D eigenvalue weighted by Crippen LogP contribution is -2.42. The lowest BCUT2D eigenvalue weighted by Gasteiger charge is -2.35. The minimum Gasteiger partial charge on any atom is -0.458 e. The molecular formula is C12H14F2O6S. The van der Waals surface area contributed by atoms with Crippen LogP contribution < -0.4 is 0 Å². The molecule has 0 spiro atoms. The fourth-order valence-corrected chi connectivity index (χ4v) is 4.34. The molecule has 0 heterocycles. The van der Waals surface area contributed by atoms with Crippen molar-refractivity contribution in [1.82, 2.24) is 0 Å². The molecule has 0 aliphatic heterocycles. The summed E-state index contributed by atoms with van der Waals surface area (Å²) >= 11 is 0. The molecule has 0 aromatic rings. The number of carbonyl (C=O) groups is 2. The Morgan fingerprint density at radius 2 is 2.05 bits per heavy atom. The van der Waals surface area contributed by atoms with Gasteiger partial charge in [-0.3, -0.25) is 14.1 Å². The van der Waals surface area contributed by atoms with Crippen LogP contribution in [0.15, 0.2) is 0 Å². The van der Waals surface area contributed by atoms with Crippen molar-refractivity contribution in [3.63, 3.8) is 0 Å². The summed E-state index contributed by atoms with van der Waals surface area (Å²) in [4.78, 5) is 23.9. The third-order valence-electron chi connectivity index (χ3n) is 5.01. The molecule has 0 radical (unpaired) electrons. The molecule has 9 heteroatoms. The van der Waals surface area contributed by atoms with Crippen molar-refractivity contribution in [3.05, 3.63) is 0 Å². The molecular weight excluding hydrogens is 310 g/mol. The molecule has 4 atom stereocenters. The Balaban J connectivity index is 1.70. The van der Waals surface area contributed by atoms with E-state index in [0.29, 0.717) is 12.8 Å². The lowest BCUT2D eigenvalue weighted by molar-refractivity contribution is -0.165. The minimum absolute atomic E-state index is 0.103. The zero-order chi connectivity index (χ0) is 15.6. The molecule has 0 aromatic heterocycles. The monoisotopic (exact) mass is 324 g/mol. The maximum Gasteiger partial charge on any atom is 0.402 e. The normalized spacial score (nSPS) is 38.0. The number of hydrogen-bond donors (Lipinski definition) is 1. The van der Waals surface area contributed by atoms with Crippen molar-refractivity contribution in [1.29, 1.82) is 0 Å². The Bertz CT molecular complexity index is 611. The van der Waals surface area contributed by atoms with Crippen molar-refractivity contribution >= 4 is 21.9 Å². The first kappa shape index (κ1) is 14.8. The van der Waals surface area contributed by atoms with Gasteiger partial charge in [-0.2, -0.15) is 17.2 Å². The quantitative estimate of drug-likeness (QED) is 0.612. The molecule has 0 aromatic carbocycles. The molecule has 4 aliphatic carbocycles. The Morgan fingerprint density at radius 1 is 1.38 bits per heavy atom. The van der Waals surface area contributed by atoms with E-state index in [4.69, 9.17) is 4.55 Å². The van der Waals surface area contributed by atoms with E-state index >= 15 is 0 Å². The second kappa shape index (κ2) is 4.22. The van der Waals surface area contributed by atoms with Gasteiger partial charge in [0.1, 0.15) is 5.78 Å². The molecule has 4 rings (SSSR count). The van der Waals surface area contributed by atoms with Gasteiger partial charge in [0.2, 0.25) is 0 Å². The average Bonchev–Trinajstić information content (AvgIpc) is 2.75. The number of ether oxygens (including phenoxy) is 1. The third kappa shape index (κ3) is 2.09. The highest BCUT2D eigenvalue weighted by Crippen LogP contribution is 2.63. The predicted molar refractivity (Wildman–Crippen MR) is 63.8 cm³/mol. The maximum absolute atomic E-state index is 13.1. The topological polar surface area (TPSA) is 97.7 Å². The van der Waals surface area contributed by atoms with E-state index in [0.717, 1.165) is 6.42 Å². The van der Waals surface area contributed by atoms with Crippen LogP contribution in [0.25, 0.3) is 0 Å².